The average molecular weight is 259 g/mol. The zero-order valence-electron chi connectivity index (χ0n) is 10.5. The van der Waals surface area contributed by atoms with Gasteiger partial charge in [-0.25, -0.2) is 14.8 Å². The van der Waals surface area contributed by atoms with Crippen molar-refractivity contribution in [3.05, 3.63) is 41.7 Å². The maximum absolute atomic E-state index is 10.8. The highest BCUT2D eigenvalue weighted by Crippen LogP contribution is 2.23. The lowest BCUT2D eigenvalue weighted by Crippen LogP contribution is -2.05. The number of carboxylic acids is 1. The van der Waals surface area contributed by atoms with Crippen molar-refractivity contribution in [2.24, 2.45) is 0 Å². The molecule has 2 rings (SSSR count). The topological polar surface area (TPSA) is 84.3 Å². The van der Waals surface area contributed by atoms with Crippen molar-refractivity contribution in [1.82, 2.24) is 9.97 Å². The Labute approximate surface area is 110 Å². The first-order chi connectivity index (χ1) is 9.10. The van der Waals surface area contributed by atoms with Crippen LogP contribution in [0.3, 0.4) is 0 Å². The van der Waals surface area contributed by atoms with Crippen LogP contribution >= 0.6 is 0 Å². The third-order valence-corrected chi connectivity index (χ3v) is 2.55. The summed E-state index contributed by atoms with van der Waals surface area (Å²) in [5, 5.41) is 11.8. The summed E-state index contributed by atoms with van der Waals surface area (Å²) >= 11 is 0. The monoisotopic (exact) mass is 259 g/mol. The lowest BCUT2D eigenvalue weighted by Gasteiger charge is -2.09. The average Bonchev–Trinajstić information content (AvgIpc) is 2.41. The molecule has 1 aromatic heterocycles. The van der Waals surface area contributed by atoms with Crippen LogP contribution in [0.25, 0.3) is 0 Å². The molecule has 1 heterocycles. The molecule has 19 heavy (non-hydrogen) atoms. The lowest BCUT2D eigenvalue weighted by molar-refractivity contribution is 0.0690. The molecule has 0 saturated carbocycles. The zero-order chi connectivity index (χ0) is 13.8. The molecule has 0 spiro atoms. The standard InChI is InChI=1S/C13H13N3O3/c1-8-7-9(19-2)3-4-10(8)15-13-14-6-5-11(16-13)12(17)18/h3-7H,1-2H3,(H,17,18)(H,14,15,16). The van der Waals surface area contributed by atoms with E-state index < -0.39 is 5.97 Å². The predicted molar refractivity (Wildman–Crippen MR) is 70.0 cm³/mol. The third-order valence-electron chi connectivity index (χ3n) is 2.55. The Bertz CT molecular complexity index is 614. The van der Waals surface area contributed by atoms with Crippen LogP contribution in [0.15, 0.2) is 30.5 Å². The molecule has 1 aromatic carbocycles. The number of aromatic nitrogens is 2. The second-order valence-corrected chi connectivity index (χ2v) is 3.88. The molecule has 0 aliphatic carbocycles. The van der Waals surface area contributed by atoms with Crippen LogP contribution in [-0.4, -0.2) is 28.2 Å². The number of ether oxygens (including phenoxy) is 1. The van der Waals surface area contributed by atoms with Gasteiger partial charge in [0, 0.05) is 11.9 Å². The zero-order valence-corrected chi connectivity index (χ0v) is 10.5. The van der Waals surface area contributed by atoms with Crippen LogP contribution in [0.2, 0.25) is 0 Å². The molecule has 0 amide bonds. The molecule has 6 nitrogen and oxygen atoms in total. The van der Waals surface area contributed by atoms with Crippen molar-refractivity contribution < 1.29 is 14.6 Å². The number of carbonyl (C=O) groups is 1. The second-order valence-electron chi connectivity index (χ2n) is 3.88. The minimum atomic E-state index is -1.09. The summed E-state index contributed by atoms with van der Waals surface area (Å²) in [6.07, 6.45) is 1.40. The largest absolute Gasteiger partial charge is 0.497 e. The Morgan fingerprint density at radius 3 is 2.79 bits per heavy atom. The highest BCUT2D eigenvalue weighted by Gasteiger charge is 2.07. The second kappa shape index (κ2) is 5.34. The summed E-state index contributed by atoms with van der Waals surface area (Å²) in [5.74, 6) is -0.0895. The summed E-state index contributed by atoms with van der Waals surface area (Å²) < 4.78 is 5.11. The van der Waals surface area contributed by atoms with E-state index in [9.17, 15) is 4.79 Å². The minimum Gasteiger partial charge on any atom is -0.497 e. The van der Waals surface area contributed by atoms with Gasteiger partial charge in [-0.05, 0) is 36.8 Å². The number of nitrogens with zero attached hydrogens (tertiary/aromatic N) is 2. The number of hydrogen-bond acceptors (Lipinski definition) is 5. The van der Waals surface area contributed by atoms with E-state index in [1.807, 2.05) is 19.1 Å². The minimum absolute atomic E-state index is 0.0522. The van der Waals surface area contributed by atoms with Crippen molar-refractivity contribution in [1.29, 1.82) is 0 Å². The first kappa shape index (κ1) is 12.8. The Balaban J connectivity index is 2.26. The van der Waals surface area contributed by atoms with Gasteiger partial charge in [0.2, 0.25) is 5.95 Å². The summed E-state index contributed by atoms with van der Waals surface area (Å²) in [6, 6.07) is 6.83. The van der Waals surface area contributed by atoms with Gasteiger partial charge in [-0.15, -0.1) is 0 Å². The van der Waals surface area contributed by atoms with Crippen LogP contribution in [-0.2, 0) is 0 Å². The maximum Gasteiger partial charge on any atom is 0.354 e. The number of aromatic carboxylic acids is 1. The molecule has 2 N–H and O–H groups in total. The van der Waals surface area contributed by atoms with Crippen LogP contribution < -0.4 is 10.1 Å². The van der Waals surface area contributed by atoms with E-state index in [-0.39, 0.29) is 11.6 Å². The number of benzene rings is 1. The highest BCUT2D eigenvalue weighted by atomic mass is 16.5. The molecular formula is C13H13N3O3. The third kappa shape index (κ3) is 2.98. The van der Waals surface area contributed by atoms with Crippen molar-refractivity contribution in [3.8, 4) is 5.75 Å². The smallest absolute Gasteiger partial charge is 0.354 e. The Hall–Kier alpha value is -2.63. The molecule has 0 saturated heterocycles. The lowest BCUT2D eigenvalue weighted by atomic mass is 10.2. The molecule has 0 aliphatic heterocycles. The number of nitrogens with one attached hydrogen (secondary N) is 1. The van der Waals surface area contributed by atoms with Crippen molar-refractivity contribution in [3.63, 3.8) is 0 Å². The Kier molecular flexibility index (Phi) is 3.61. The van der Waals surface area contributed by atoms with Crippen LogP contribution in [0.1, 0.15) is 16.1 Å². The van der Waals surface area contributed by atoms with Crippen molar-refractivity contribution >= 4 is 17.6 Å². The molecule has 6 heteroatoms. The molecular weight excluding hydrogens is 246 g/mol. The Morgan fingerprint density at radius 2 is 2.16 bits per heavy atom. The van der Waals surface area contributed by atoms with Gasteiger partial charge in [0.05, 0.1) is 7.11 Å². The van der Waals surface area contributed by atoms with Crippen molar-refractivity contribution in [2.75, 3.05) is 12.4 Å². The molecule has 0 bridgehead atoms. The number of methoxy groups -OCH3 is 1. The molecule has 0 unspecified atom stereocenters. The fraction of sp³-hybridized carbons (Fsp3) is 0.154. The van der Waals surface area contributed by atoms with Gasteiger partial charge in [-0.1, -0.05) is 0 Å². The van der Waals surface area contributed by atoms with Gasteiger partial charge in [0.1, 0.15) is 5.75 Å². The number of hydrogen-bond donors (Lipinski definition) is 2. The molecule has 0 atom stereocenters. The van der Waals surface area contributed by atoms with E-state index >= 15 is 0 Å². The summed E-state index contributed by atoms with van der Waals surface area (Å²) in [6.45, 7) is 1.91. The first-order valence-electron chi connectivity index (χ1n) is 5.58. The van der Waals surface area contributed by atoms with E-state index in [2.05, 4.69) is 15.3 Å². The van der Waals surface area contributed by atoms with Gasteiger partial charge in [-0.2, -0.15) is 0 Å². The summed E-state index contributed by atoms with van der Waals surface area (Å²) in [7, 11) is 1.60. The van der Waals surface area contributed by atoms with Crippen LogP contribution in [0.4, 0.5) is 11.6 Å². The van der Waals surface area contributed by atoms with E-state index in [1.54, 1.807) is 13.2 Å². The number of anilines is 2. The fourth-order valence-corrected chi connectivity index (χ4v) is 1.56. The number of aryl methyl sites for hydroxylation is 1. The van der Waals surface area contributed by atoms with E-state index in [0.717, 1.165) is 17.0 Å². The predicted octanol–water partition coefficient (Wildman–Crippen LogP) is 2.24. The molecule has 0 fully saturated rings. The SMILES string of the molecule is COc1ccc(Nc2nccc(C(=O)O)n2)c(C)c1. The molecule has 0 aliphatic rings. The quantitative estimate of drug-likeness (QED) is 0.875. The highest BCUT2D eigenvalue weighted by molar-refractivity contribution is 5.85. The molecule has 0 radical (unpaired) electrons. The first-order valence-corrected chi connectivity index (χ1v) is 5.58. The Morgan fingerprint density at radius 1 is 1.37 bits per heavy atom. The van der Waals surface area contributed by atoms with Gasteiger partial charge >= 0.3 is 5.97 Å². The summed E-state index contributed by atoms with van der Waals surface area (Å²) in [4.78, 5) is 18.7. The van der Waals surface area contributed by atoms with E-state index in [4.69, 9.17) is 9.84 Å². The van der Waals surface area contributed by atoms with Gasteiger partial charge in [0.25, 0.3) is 0 Å². The molecule has 98 valence electrons. The summed E-state index contributed by atoms with van der Waals surface area (Å²) in [5.41, 5.74) is 1.69. The number of rotatable bonds is 4. The number of carboxylic acid groups (broad SMARTS) is 1. The van der Waals surface area contributed by atoms with Crippen LogP contribution in [0.5, 0.6) is 5.75 Å². The molecule has 2 aromatic rings. The van der Waals surface area contributed by atoms with Crippen LogP contribution in [0, 0.1) is 6.92 Å². The van der Waals surface area contributed by atoms with E-state index in [1.165, 1.54) is 12.3 Å². The maximum atomic E-state index is 10.8. The van der Waals surface area contributed by atoms with Crippen molar-refractivity contribution in [2.45, 2.75) is 6.92 Å². The van der Waals surface area contributed by atoms with Gasteiger partial charge in [0.15, 0.2) is 5.69 Å². The van der Waals surface area contributed by atoms with Gasteiger partial charge < -0.3 is 15.2 Å². The van der Waals surface area contributed by atoms with Gasteiger partial charge in [-0.3, -0.25) is 0 Å². The fourth-order valence-electron chi connectivity index (χ4n) is 1.56. The normalized spacial score (nSPS) is 10.0. The van der Waals surface area contributed by atoms with E-state index in [0.29, 0.717) is 0 Å².